The Bertz CT molecular complexity index is 1310. The molecule has 0 saturated heterocycles. The van der Waals surface area contributed by atoms with Gasteiger partial charge in [0, 0.05) is 17.5 Å². The first-order chi connectivity index (χ1) is 23.2. The molecule has 1 aromatic heterocycles. The van der Waals surface area contributed by atoms with E-state index in [1.807, 2.05) is 45.0 Å². The van der Waals surface area contributed by atoms with Gasteiger partial charge in [-0.05, 0) is 112 Å². The number of ketones is 1. The Morgan fingerprint density at radius 1 is 0.922 bits per heavy atom. The van der Waals surface area contributed by atoms with Crippen molar-refractivity contribution in [2.45, 2.75) is 183 Å². The summed E-state index contributed by atoms with van der Waals surface area (Å²) in [6.07, 6.45) is 8.75. The van der Waals surface area contributed by atoms with Crippen LogP contribution >= 0.6 is 0 Å². The molecular weight excluding hydrogens is 671 g/mol. The molecule has 1 unspecified atom stereocenters. The summed E-state index contributed by atoms with van der Waals surface area (Å²) in [5.41, 5.74) is 1.93. The van der Waals surface area contributed by atoms with Crippen molar-refractivity contribution in [1.82, 2.24) is 4.98 Å². The van der Waals surface area contributed by atoms with Gasteiger partial charge >= 0.3 is 5.97 Å². The van der Waals surface area contributed by atoms with E-state index in [4.69, 9.17) is 8.85 Å². The van der Waals surface area contributed by atoms with Gasteiger partial charge in [-0.25, -0.2) is 0 Å². The summed E-state index contributed by atoms with van der Waals surface area (Å²) in [6.45, 7) is 34.0. The van der Waals surface area contributed by atoms with Gasteiger partial charge in [0.05, 0.1) is 30.4 Å². The smallest absolute Gasteiger partial charge is 0.305 e. The van der Waals surface area contributed by atoms with E-state index in [0.717, 1.165) is 37.0 Å². The fraction of sp³-hybridized carbons (Fsp3) is 0.738. The second-order valence-corrected chi connectivity index (χ2v) is 28.1. The highest BCUT2D eigenvalue weighted by Gasteiger charge is 2.50. The lowest BCUT2D eigenvalue weighted by Crippen LogP contribution is -2.55. The first-order valence-electron chi connectivity index (χ1n) is 19.2. The SMILES string of the molecule is CCCC(C(=O)C(C)(C)[C@H](CC(=O)O)O[Si](C)(C)C(C)(C)C)[C@@H](O[Si](C)(C)C(C)(C)C)[C@@H](C)CCCC(C)=CC[C@H](O)C(C)=Cc1ccccn1. The number of hydrogen-bond donors (Lipinski definition) is 2. The van der Waals surface area contributed by atoms with Crippen molar-refractivity contribution in [3.8, 4) is 0 Å². The van der Waals surface area contributed by atoms with Gasteiger partial charge in [-0.3, -0.25) is 14.6 Å². The highest BCUT2D eigenvalue weighted by atomic mass is 28.4. The Morgan fingerprint density at radius 2 is 1.49 bits per heavy atom. The molecule has 9 heteroatoms. The van der Waals surface area contributed by atoms with Crippen LogP contribution in [0.1, 0.15) is 134 Å². The molecule has 0 saturated carbocycles. The first kappa shape index (κ1) is 47.1. The molecule has 1 aromatic rings. The third-order valence-electron chi connectivity index (χ3n) is 11.7. The highest BCUT2D eigenvalue weighted by Crippen LogP contribution is 2.45. The molecule has 0 bridgehead atoms. The fourth-order valence-corrected chi connectivity index (χ4v) is 8.77. The summed E-state index contributed by atoms with van der Waals surface area (Å²) < 4.78 is 14.0. The number of carbonyl (C=O) groups is 2. The number of carboxylic acid groups (broad SMARTS) is 1. The number of nitrogens with zero attached hydrogens (tertiary/aromatic N) is 1. The van der Waals surface area contributed by atoms with Gasteiger partial charge in [0.2, 0.25) is 0 Å². The maximum Gasteiger partial charge on any atom is 0.305 e. The predicted molar refractivity (Wildman–Crippen MR) is 219 cm³/mol. The van der Waals surface area contributed by atoms with Crippen LogP contribution in [-0.2, 0) is 18.4 Å². The lowest BCUT2D eigenvalue weighted by atomic mass is 9.71. The monoisotopic (exact) mass is 746 g/mol. The maximum absolute atomic E-state index is 14.9. The van der Waals surface area contributed by atoms with Crippen molar-refractivity contribution < 1.29 is 28.7 Å². The average molecular weight is 746 g/mol. The third-order valence-corrected chi connectivity index (χ3v) is 20.6. The number of allylic oxidation sites excluding steroid dienone is 1. The standard InChI is InChI=1S/C42H75NO6Si2/c1-17-21-34(39(47)42(11,12)36(29-37(45)46)48-50(13,14)40(5,6)7)38(49-51(15,16)41(8,9)10)31(3)23-20-22-30(2)25-26-35(44)32(4)28-33-24-18-19-27-43-33/h18-19,24-25,27-28,31,34-36,38,44H,17,20-23,26,29H2,1-16H3,(H,45,46)/t31-,34?,35-,36-,38-/m0/s1. The number of hydrogen-bond acceptors (Lipinski definition) is 6. The van der Waals surface area contributed by atoms with Crippen LogP contribution in [0.2, 0.25) is 36.3 Å². The van der Waals surface area contributed by atoms with E-state index in [0.29, 0.717) is 12.8 Å². The normalized spacial score (nSPS) is 17.1. The number of Topliss-reactive ketones (excluding diaryl/α,β-unsaturated/α-hetero) is 1. The van der Waals surface area contributed by atoms with E-state index in [2.05, 4.69) is 99.6 Å². The second kappa shape index (κ2) is 19.4. The molecule has 292 valence electrons. The van der Waals surface area contributed by atoms with Crippen LogP contribution in [0.5, 0.6) is 0 Å². The number of rotatable bonds is 21. The third kappa shape index (κ3) is 14.4. The van der Waals surface area contributed by atoms with E-state index >= 15 is 0 Å². The largest absolute Gasteiger partial charge is 0.481 e. The van der Waals surface area contributed by atoms with Crippen LogP contribution in [-0.4, -0.2) is 61.9 Å². The Labute approximate surface area is 314 Å². The molecule has 0 aliphatic rings. The Balaban J connectivity index is 3.35. The molecule has 0 amide bonds. The molecule has 0 aromatic carbocycles. The molecule has 2 N–H and O–H groups in total. The van der Waals surface area contributed by atoms with Crippen molar-refractivity contribution in [1.29, 1.82) is 0 Å². The lowest BCUT2D eigenvalue weighted by Gasteiger charge is -2.47. The highest BCUT2D eigenvalue weighted by molar-refractivity contribution is 6.74. The maximum atomic E-state index is 14.9. The van der Waals surface area contributed by atoms with Gasteiger partial charge in [0.25, 0.3) is 0 Å². The van der Waals surface area contributed by atoms with Gasteiger partial charge < -0.3 is 19.1 Å². The van der Waals surface area contributed by atoms with Crippen LogP contribution < -0.4 is 0 Å². The van der Waals surface area contributed by atoms with Crippen LogP contribution in [0.3, 0.4) is 0 Å². The van der Waals surface area contributed by atoms with Gasteiger partial charge in [0.15, 0.2) is 16.6 Å². The van der Waals surface area contributed by atoms with Crippen molar-refractivity contribution in [2.24, 2.45) is 17.3 Å². The molecule has 0 spiro atoms. The van der Waals surface area contributed by atoms with Gasteiger partial charge in [-0.15, -0.1) is 0 Å². The number of carboxylic acids is 1. The molecule has 51 heavy (non-hydrogen) atoms. The minimum absolute atomic E-state index is 0.0408. The Kier molecular flexibility index (Phi) is 17.9. The summed E-state index contributed by atoms with van der Waals surface area (Å²) in [5.74, 6) is -1.18. The molecule has 5 atom stereocenters. The topological polar surface area (TPSA) is 106 Å². The number of aliphatic hydroxyl groups excluding tert-OH is 1. The molecular formula is C42H75NO6Si2. The van der Waals surface area contributed by atoms with E-state index in [-0.39, 0.29) is 40.2 Å². The number of aliphatic carboxylic acids is 1. The van der Waals surface area contributed by atoms with Crippen LogP contribution in [0, 0.1) is 17.3 Å². The zero-order valence-corrected chi connectivity index (χ0v) is 37.3. The van der Waals surface area contributed by atoms with Gasteiger partial charge in [-0.1, -0.05) is 93.4 Å². The molecule has 1 rings (SSSR count). The summed E-state index contributed by atoms with van der Waals surface area (Å²) >= 11 is 0. The molecule has 0 aliphatic heterocycles. The van der Waals surface area contributed by atoms with Crippen LogP contribution in [0.4, 0.5) is 0 Å². The second-order valence-electron chi connectivity index (χ2n) is 18.6. The molecule has 0 aliphatic carbocycles. The summed E-state index contributed by atoms with van der Waals surface area (Å²) in [5, 5.41) is 20.6. The quantitative estimate of drug-likeness (QED) is 0.0953. The Morgan fingerprint density at radius 3 is 1.98 bits per heavy atom. The molecule has 7 nitrogen and oxygen atoms in total. The zero-order chi connectivity index (χ0) is 39.6. The van der Waals surface area contributed by atoms with Crippen molar-refractivity contribution in [2.75, 3.05) is 0 Å². The first-order valence-corrected chi connectivity index (χ1v) is 25.0. The van der Waals surface area contributed by atoms with Crippen molar-refractivity contribution in [3.63, 3.8) is 0 Å². The average Bonchev–Trinajstić information content (AvgIpc) is 2.99. The summed E-state index contributed by atoms with van der Waals surface area (Å²) in [6, 6.07) is 5.75. The van der Waals surface area contributed by atoms with E-state index in [9.17, 15) is 19.8 Å². The predicted octanol–water partition coefficient (Wildman–Crippen LogP) is 11.3. The fourth-order valence-electron chi connectivity index (χ4n) is 5.90. The number of carbonyl (C=O) groups excluding carboxylic acids is 1. The summed E-state index contributed by atoms with van der Waals surface area (Å²) in [4.78, 5) is 31.5. The van der Waals surface area contributed by atoms with Crippen LogP contribution in [0.15, 0.2) is 41.6 Å². The van der Waals surface area contributed by atoms with Crippen molar-refractivity contribution in [3.05, 3.63) is 47.3 Å². The van der Waals surface area contributed by atoms with E-state index < -0.39 is 40.2 Å². The Hall–Kier alpha value is -1.92. The molecule has 0 fully saturated rings. The minimum Gasteiger partial charge on any atom is -0.481 e. The van der Waals surface area contributed by atoms with Gasteiger partial charge in [-0.2, -0.15) is 0 Å². The number of aliphatic hydroxyl groups is 1. The minimum atomic E-state index is -2.39. The van der Waals surface area contributed by atoms with E-state index in [1.165, 1.54) is 5.57 Å². The van der Waals surface area contributed by atoms with Gasteiger partial charge in [0.1, 0.15) is 5.78 Å². The molecule has 0 radical (unpaired) electrons. The summed E-state index contributed by atoms with van der Waals surface area (Å²) in [7, 11) is -4.68. The zero-order valence-electron chi connectivity index (χ0n) is 35.3. The number of aromatic nitrogens is 1. The van der Waals surface area contributed by atoms with E-state index in [1.54, 1.807) is 6.20 Å². The number of pyridine rings is 1. The van der Waals surface area contributed by atoms with Crippen LogP contribution in [0.25, 0.3) is 6.08 Å². The lowest BCUT2D eigenvalue weighted by molar-refractivity contribution is -0.147. The molecule has 1 heterocycles. The van der Waals surface area contributed by atoms with Crippen molar-refractivity contribution >= 4 is 34.5 Å².